The van der Waals surface area contributed by atoms with Crippen LogP contribution in [0.5, 0.6) is 0 Å². The highest BCUT2D eigenvalue weighted by Crippen LogP contribution is 2.36. The molecule has 0 aliphatic carbocycles. The molecule has 5 nitrogen and oxygen atoms in total. The van der Waals surface area contributed by atoms with Crippen LogP contribution in [0.4, 0.5) is 0 Å². The molecule has 0 spiro atoms. The number of carbonyl (C=O) groups excluding carboxylic acids is 2. The molecule has 2 bridgehead atoms. The highest BCUT2D eigenvalue weighted by molar-refractivity contribution is 7.95. The number of hydrogen-bond acceptors (Lipinski definition) is 4. The molecule has 4 rings (SSSR count). The minimum absolute atomic E-state index is 0.281. The Morgan fingerprint density at radius 3 is 2.70 bits per heavy atom. The van der Waals surface area contributed by atoms with Gasteiger partial charge in [-0.05, 0) is 18.4 Å². The molecule has 0 N–H and O–H groups in total. The summed E-state index contributed by atoms with van der Waals surface area (Å²) < 4.78 is 23.3. The first kappa shape index (κ1) is 13.3. The third-order valence-electron chi connectivity index (χ3n) is 4.18. The highest BCUT2D eigenvalue weighted by Gasteiger charge is 2.56. The van der Waals surface area contributed by atoms with Gasteiger partial charge in [-0.2, -0.15) is 0 Å². The topological polar surface area (TPSA) is 71.5 Å². The maximum Gasteiger partial charge on any atom is 0.241 e. The van der Waals surface area contributed by atoms with Crippen molar-refractivity contribution >= 4 is 22.0 Å². The predicted molar refractivity (Wildman–Crippen MR) is 73.2 cm³/mol. The summed E-state index contributed by atoms with van der Waals surface area (Å²) in [4.78, 5) is 24.6. The van der Waals surface area contributed by atoms with Gasteiger partial charge >= 0.3 is 0 Å². The van der Waals surface area contributed by atoms with Crippen molar-refractivity contribution in [3.05, 3.63) is 35.4 Å². The van der Waals surface area contributed by atoms with E-state index in [-0.39, 0.29) is 11.2 Å². The zero-order valence-corrected chi connectivity index (χ0v) is 11.7. The van der Waals surface area contributed by atoms with Gasteiger partial charge in [-0.1, -0.05) is 24.3 Å². The van der Waals surface area contributed by atoms with Crippen molar-refractivity contribution < 1.29 is 18.0 Å². The Labute approximate surface area is 117 Å². The van der Waals surface area contributed by atoms with Crippen molar-refractivity contribution in [2.24, 2.45) is 0 Å². The average Bonchev–Trinajstić information content (AvgIpc) is 2.45. The van der Waals surface area contributed by atoms with E-state index in [1.165, 1.54) is 0 Å². The largest absolute Gasteiger partial charge is 0.340 e. The number of piperidine rings is 1. The van der Waals surface area contributed by atoms with Gasteiger partial charge in [-0.15, -0.1) is 0 Å². The number of hydrogen-bond donors (Lipinski definition) is 0. The number of amides is 1. The summed E-state index contributed by atoms with van der Waals surface area (Å²) in [6, 6.07) is 7.24. The Morgan fingerprint density at radius 2 is 2.05 bits per heavy atom. The third kappa shape index (κ3) is 1.95. The standard InChI is InChI=1S/C14H15NO4S/c16-9-11-4-2-1-3-10(11)5-6-15-8-12-7-13(14(15)17)20(12,18)19/h1-4,9,12-13H,5-8H2. The fourth-order valence-corrected chi connectivity index (χ4v) is 4.80. The van der Waals surface area contributed by atoms with E-state index in [2.05, 4.69) is 0 Å². The van der Waals surface area contributed by atoms with Crippen LogP contribution in [-0.2, 0) is 21.1 Å². The monoisotopic (exact) mass is 293 g/mol. The molecular weight excluding hydrogens is 278 g/mol. The van der Waals surface area contributed by atoms with Crippen LogP contribution < -0.4 is 0 Å². The molecule has 2 atom stereocenters. The second-order valence-corrected chi connectivity index (χ2v) is 7.70. The Morgan fingerprint density at radius 1 is 1.30 bits per heavy atom. The summed E-state index contributed by atoms with van der Waals surface area (Å²) in [6.45, 7) is 0.757. The molecule has 1 aromatic rings. The maximum absolute atomic E-state index is 12.0. The lowest BCUT2D eigenvalue weighted by molar-refractivity contribution is -0.133. The van der Waals surface area contributed by atoms with Crippen LogP contribution >= 0.6 is 0 Å². The molecule has 0 radical (unpaired) electrons. The normalized spacial score (nSPS) is 27.0. The molecular formula is C14H15NO4S. The Balaban J connectivity index is 1.69. The second-order valence-electron chi connectivity index (χ2n) is 5.29. The molecule has 6 heteroatoms. The fourth-order valence-electron chi connectivity index (χ4n) is 2.91. The average molecular weight is 293 g/mol. The van der Waals surface area contributed by atoms with Crippen molar-refractivity contribution in [1.82, 2.24) is 4.90 Å². The first-order valence-corrected chi connectivity index (χ1v) is 8.19. The first-order chi connectivity index (χ1) is 9.54. The highest BCUT2D eigenvalue weighted by atomic mass is 32.2. The molecule has 3 aliphatic heterocycles. The minimum Gasteiger partial charge on any atom is -0.340 e. The maximum atomic E-state index is 12.0. The van der Waals surface area contributed by atoms with Gasteiger partial charge < -0.3 is 4.90 Å². The van der Waals surface area contributed by atoms with Gasteiger partial charge in [0.05, 0.1) is 5.25 Å². The molecule has 0 aromatic heterocycles. The van der Waals surface area contributed by atoms with E-state index in [0.717, 1.165) is 11.8 Å². The quantitative estimate of drug-likeness (QED) is 0.755. The molecule has 0 saturated carbocycles. The van der Waals surface area contributed by atoms with Crippen molar-refractivity contribution in [1.29, 1.82) is 0 Å². The van der Waals surface area contributed by atoms with E-state index in [9.17, 15) is 18.0 Å². The summed E-state index contributed by atoms with van der Waals surface area (Å²) >= 11 is 0. The van der Waals surface area contributed by atoms with Gasteiger partial charge in [0, 0.05) is 18.7 Å². The number of benzene rings is 1. The molecule has 1 amide bonds. The lowest BCUT2D eigenvalue weighted by atomic mass is 10.0. The SMILES string of the molecule is O=Cc1ccccc1CCN1CC2CC(C1=O)S2(=O)=O. The zero-order chi connectivity index (χ0) is 14.3. The molecule has 2 unspecified atom stereocenters. The summed E-state index contributed by atoms with van der Waals surface area (Å²) in [5.74, 6) is -0.281. The van der Waals surface area contributed by atoms with Crippen LogP contribution in [0.2, 0.25) is 0 Å². The zero-order valence-electron chi connectivity index (χ0n) is 10.9. The number of sulfone groups is 1. The van der Waals surface area contributed by atoms with Gasteiger partial charge in [0.2, 0.25) is 5.91 Å². The molecule has 3 aliphatic rings. The Hall–Kier alpha value is -1.69. The van der Waals surface area contributed by atoms with Crippen LogP contribution in [0.25, 0.3) is 0 Å². The van der Waals surface area contributed by atoms with E-state index in [4.69, 9.17) is 0 Å². The van der Waals surface area contributed by atoms with Crippen LogP contribution in [0.15, 0.2) is 24.3 Å². The van der Waals surface area contributed by atoms with Gasteiger partial charge in [-0.3, -0.25) is 9.59 Å². The molecule has 1 aromatic carbocycles. The number of fused-ring (bicyclic) bond motifs is 2. The number of rotatable bonds is 4. The van der Waals surface area contributed by atoms with Crippen LogP contribution in [0, 0.1) is 0 Å². The van der Waals surface area contributed by atoms with Crippen LogP contribution in [-0.4, -0.2) is 49.1 Å². The van der Waals surface area contributed by atoms with Gasteiger partial charge in [0.25, 0.3) is 0 Å². The van der Waals surface area contributed by atoms with E-state index in [0.29, 0.717) is 31.5 Å². The summed E-state index contributed by atoms with van der Waals surface area (Å²) in [6.07, 6.45) is 1.85. The molecule has 106 valence electrons. The van der Waals surface area contributed by atoms with Crippen molar-refractivity contribution in [2.45, 2.75) is 23.3 Å². The number of nitrogens with zero attached hydrogens (tertiary/aromatic N) is 1. The molecule has 3 fully saturated rings. The summed E-state index contributed by atoms with van der Waals surface area (Å²) in [5.41, 5.74) is 1.51. The lowest BCUT2D eigenvalue weighted by Gasteiger charge is -2.45. The Bertz CT molecular complexity index is 668. The van der Waals surface area contributed by atoms with Gasteiger partial charge in [-0.25, -0.2) is 8.42 Å². The summed E-state index contributed by atoms with van der Waals surface area (Å²) in [5, 5.41) is -1.20. The van der Waals surface area contributed by atoms with E-state index >= 15 is 0 Å². The Kier molecular flexibility index (Phi) is 3.12. The number of aldehydes is 1. The van der Waals surface area contributed by atoms with E-state index in [1.807, 2.05) is 12.1 Å². The second kappa shape index (κ2) is 4.70. The smallest absolute Gasteiger partial charge is 0.241 e. The van der Waals surface area contributed by atoms with Gasteiger partial charge in [0.15, 0.2) is 9.84 Å². The van der Waals surface area contributed by atoms with Crippen LogP contribution in [0.1, 0.15) is 22.3 Å². The van der Waals surface area contributed by atoms with Gasteiger partial charge in [0.1, 0.15) is 11.5 Å². The van der Waals surface area contributed by atoms with Crippen molar-refractivity contribution in [2.75, 3.05) is 13.1 Å². The molecule has 3 heterocycles. The lowest BCUT2D eigenvalue weighted by Crippen LogP contribution is -2.65. The summed E-state index contributed by atoms with van der Waals surface area (Å²) in [7, 11) is -3.19. The molecule has 20 heavy (non-hydrogen) atoms. The minimum atomic E-state index is -3.19. The fraction of sp³-hybridized carbons (Fsp3) is 0.429. The van der Waals surface area contributed by atoms with E-state index in [1.54, 1.807) is 17.0 Å². The first-order valence-electron chi connectivity index (χ1n) is 6.58. The third-order valence-corrected chi connectivity index (χ3v) is 6.64. The predicted octanol–water partition coefficient (Wildman–Crippen LogP) is 0.440. The van der Waals surface area contributed by atoms with Crippen molar-refractivity contribution in [3.63, 3.8) is 0 Å². The number of carbonyl (C=O) groups is 2. The molecule has 3 saturated heterocycles. The van der Waals surface area contributed by atoms with Crippen molar-refractivity contribution in [3.8, 4) is 0 Å². The van der Waals surface area contributed by atoms with E-state index < -0.39 is 15.1 Å². The van der Waals surface area contributed by atoms with Crippen LogP contribution in [0.3, 0.4) is 0 Å².